The van der Waals surface area contributed by atoms with E-state index in [4.69, 9.17) is 0 Å². The predicted octanol–water partition coefficient (Wildman–Crippen LogP) is 2.55. The van der Waals surface area contributed by atoms with E-state index in [0.29, 0.717) is 12.1 Å². The number of rotatable bonds is 4. The molecule has 0 bridgehead atoms. The third kappa shape index (κ3) is 2.36. The number of carbonyl (C=O) groups is 2. The molecule has 0 spiro atoms. The zero-order valence-electron chi connectivity index (χ0n) is 15.2. The van der Waals surface area contributed by atoms with Crippen molar-refractivity contribution in [2.75, 3.05) is 4.90 Å². The Bertz CT molecular complexity index is 1240. The normalized spacial score (nSPS) is 14.0. The Morgan fingerprint density at radius 2 is 2.00 bits per heavy atom. The van der Waals surface area contributed by atoms with E-state index < -0.39 is 6.04 Å². The van der Waals surface area contributed by atoms with Crippen LogP contribution in [0.15, 0.2) is 61.2 Å². The van der Waals surface area contributed by atoms with E-state index in [1.807, 2.05) is 40.8 Å². The lowest BCUT2D eigenvalue weighted by atomic mass is 10.1. The van der Waals surface area contributed by atoms with Crippen LogP contribution in [0.1, 0.15) is 23.0 Å². The molecule has 5 rings (SSSR count). The molecule has 1 aliphatic heterocycles. The zero-order valence-corrected chi connectivity index (χ0v) is 15.2. The summed E-state index contributed by atoms with van der Waals surface area (Å²) in [6.07, 6.45) is 6.84. The lowest BCUT2D eigenvalue weighted by Gasteiger charge is -2.24. The molecule has 0 aliphatic carbocycles. The lowest BCUT2D eigenvalue weighted by Crippen LogP contribution is -2.46. The van der Waals surface area contributed by atoms with E-state index in [1.54, 1.807) is 36.6 Å². The molecule has 1 aliphatic rings. The number of benzene rings is 2. The molecule has 1 atom stereocenters. The Balaban J connectivity index is 1.39. The van der Waals surface area contributed by atoms with Gasteiger partial charge in [-0.2, -0.15) is 0 Å². The van der Waals surface area contributed by atoms with Crippen molar-refractivity contribution < 1.29 is 9.59 Å². The van der Waals surface area contributed by atoms with E-state index in [-0.39, 0.29) is 11.8 Å². The van der Waals surface area contributed by atoms with Crippen LogP contribution in [0.5, 0.6) is 0 Å². The maximum Gasteiger partial charge on any atom is 0.259 e. The summed E-state index contributed by atoms with van der Waals surface area (Å²) in [5.41, 5.74) is 2.98. The number of carbonyl (C=O) groups excluding carboxylic acids is 2. The van der Waals surface area contributed by atoms with Crippen molar-refractivity contribution in [2.45, 2.75) is 19.5 Å². The number of imidazole rings is 1. The molecule has 3 heterocycles. The summed E-state index contributed by atoms with van der Waals surface area (Å²) in [6.45, 7) is 2.06. The minimum absolute atomic E-state index is 0.143. The first-order valence-electron chi connectivity index (χ1n) is 9.04. The summed E-state index contributed by atoms with van der Waals surface area (Å²) in [4.78, 5) is 35.7. The zero-order chi connectivity index (χ0) is 19.3. The summed E-state index contributed by atoms with van der Waals surface area (Å²) < 4.78 is 1.87. The summed E-state index contributed by atoms with van der Waals surface area (Å²) in [5.74, 6) is -0.363. The summed E-state index contributed by atoms with van der Waals surface area (Å²) in [7, 11) is 0. The van der Waals surface area contributed by atoms with Crippen LogP contribution in [-0.4, -0.2) is 32.2 Å². The molecule has 0 saturated heterocycles. The van der Waals surface area contributed by atoms with E-state index in [2.05, 4.69) is 15.3 Å². The van der Waals surface area contributed by atoms with Gasteiger partial charge in [0.15, 0.2) is 5.65 Å². The SMILES string of the molecule is C[C@H](C(=O)NCc1cnc2cnccn12)N1C(=O)c2cccc3cccc1c23. The fraction of sp³-hybridized carbons (Fsp3) is 0.143. The van der Waals surface area contributed by atoms with Crippen LogP contribution >= 0.6 is 0 Å². The summed E-state index contributed by atoms with van der Waals surface area (Å²) in [5, 5.41) is 4.82. The van der Waals surface area contributed by atoms with E-state index >= 15 is 0 Å². The largest absolute Gasteiger partial charge is 0.349 e. The van der Waals surface area contributed by atoms with Gasteiger partial charge in [0.05, 0.1) is 30.3 Å². The van der Waals surface area contributed by atoms with Crippen molar-refractivity contribution >= 4 is 33.9 Å². The number of hydrogen-bond donors (Lipinski definition) is 1. The lowest BCUT2D eigenvalue weighted by molar-refractivity contribution is -0.122. The Kier molecular flexibility index (Phi) is 3.61. The highest BCUT2D eigenvalue weighted by Gasteiger charge is 2.35. The van der Waals surface area contributed by atoms with Crippen LogP contribution in [0.25, 0.3) is 16.4 Å². The Morgan fingerprint density at radius 3 is 2.86 bits per heavy atom. The van der Waals surface area contributed by atoms with Crippen molar-refractivity contribution in [2.24, 2.45) is 0 Å². The minimum Gasteiger partial charge on any atom is -0.349 e. The number of nitrogens with one attached hydrogen (secondary N) is 1. The van der Waals surface area contributed by atoms with Crippen LogP contribution in [-0.2, 0) is 11.3 Å². The van der Waals surface area contributed by atoms with E-state index in [1.165, 1.54) is 0 Å². The van der Waals surface area contributed by atoms with Gasteiger partial charge in [0.25, 0.3) is 5.91 Å². The molecule has 7 nitrogen and oxygen atoms in total. The van der Waals surface area contributed by atoms with Gasteiger partial charge in [0.2, 0.25) is 5.91 Å². The highest BCUT2D eigenvalue weighted by Crippen LogP contribution is 2.38. The fourth-order valence-electron chi connectivity index (χ4n) is 3.79. The fourth-order valence-corrected chi connectivity index (χ4v) is 3.79. The van der Waals surface area contributed by atoms with Crippen LogP contribution in [0.2, 0.25) is 0 Å². The van der Waals surface area contributed by atoms with Crippen molar-refractivity contribution in [1.82, 2.24) is 19.7 Å². The van der Waals surface area contributed by atoms with Gasteiger partial charge in [0.1, 0.15) is 6.04 Å². The first kappa shape index (κ1) is 16.4. The molecule has 1 N–H and O–H groups in total. The second-order valence-electron chi connectivity index (χ2n) is 6.80. The molecule has 2 aromatic carbocycles. The average Bonchev–Trinajstić information content (AvgIpc) is 3.26. The molecule has 28 heavy (non-hydrogen) atoms. The molecule has 0 unspecified atom stereocenters. The quantitative estimate of drug-likeness (QED) is 0.598. The van der Waals surface area contributed by atoms with Crippen molar-refractivity contribution in [3.05, 3.63) is 72.4 Å². The first-order valence-corrected chi connectivity index (χ1v) is 9.04. The number of nitrogens with zero attached hydrogens (tertiary/aromatic N) is 4. The highest BCUT2D eigenvalue weighted by molar-refractivity contribution is 6.26. The minimum atomic E-state index is -0.633. The Labute approximate surface area is 160 Å². The summed E-state index contributed by atoms with van der Waals surface area (Å²) >= 11 is 0. The second-order valence-corrected chi connectivity index (χ2v) is 6.80. The molecule has 4 aromatic rings. The van der Waals surface area contributed by atoms with Gasteiger partial charge in [-0.1, -0.05) is 24.3 Å². The average molecular weight is 371 g/mol. The first-order chi connectivity index (χ1) is 13.6. The second kappa shape index (κ2) is 6.16. The van der Waals surface area contributed by atoms with Crippen LogP contribution in [0.4, 0.5) is 5.69 Å². The van der Waals surface area contributed by atoms with Crippen LogP contribution in [0.3, 0.4) is 0 Å². The molecule has 138 valence electrons. The Hall–Kier alpha value is -3.74. The summed E-state index contributed by atoms with van der Waals surface area (Å²) in [6, 6.07) is 10.8. The molecule has 2 aromatic heterocycles. The molecular weight excluding hydrogens is 354 g/mol. The monoisotopic (exact) mass is 371 g/mol. The van der Waals surface area contributed by atoms with Gasteiger partial charge < -0.3 is 5.32 Å². The topological polar surface area (TPSA) is 79.6 Å². The van der Waals surface area contributed by atoms with Crippen molar-refractivity contribution in [1.29, 1.82) is 0 Å². The number of aromatic nitrogens is 3. The molecule has 2 amide bonds. The smallest absolute Gasteiger partial charge is 0.259 e. The molecular formula is C21H17N5O2. The van der Waals surface area contributed by atoms with Gasteiger partial charge in [-0.05, 0) is 24.4 Å². The molecule has 0 radical (unpaired) electrons. The number of anilines is 1. The van der Waals surface area contributed by atoms with Gasteiger partial charge >= 0.3 is 0 Å². The molecule has 7 heteroatoms. The van der Waals surface area contributed by atoms with E-state index in [0.717, 1.165) is 27.8 Å². The van der Waals surface area contributed by atoms with Crippen molar-refractivity contribution in [3.63, 3.8) is 0 Å². The maximum atomic E-state index is 13.0. The Morgan fingerprint density at radius 1 is 1.18 bits per heavy atom. The number of amides is 2. The predicted molar refractivity (Wildman–Crippen MR) is 105 cm³/mol. The van der Waals surface area contributed by atoms with E-state index in [9.17, 15) is 9.59 Å². The van der Waals surface area contributed by atoms with Crippen molar-refractivity contribution in [3.8, 4) is 0 Å². The molecule has 0 fully saturated rings. The standard InChI is InChI=1S/C21H17N5O2/c1-13(20(27)24-11-15-10-23-18-12-22-8-9-25(15)18)26-17-7-3-5-14-4-2-6-16(19(14)17)21(26)28/h2-10,12-13H,11H2,1H3,(H,24,27)/t13-/m1/s1. The third-order valence-electron chi connectivity index (χ3n) is 5.20. The maximum absolute atomic E-state index is 13.0. The van der Waals surface area contributed by atoms with Crippen LogP contribution in [0, 0.1) is 0 Å². The highest BCUT2D eigenvalue weighted by atomic mass is 16.2. The number of hydrogen-bond acceptors (Lipinski definition) is 4. The van der Waals surface area contributed by atoms with Crippen LogP contribution < -0.4 is 10.2 Å². The van der Waals surface area contributed by atoms with Gasteiger partial charge in [0, 0.05) is 23.3 Å². The third-order valence-corrected chi connectivity index (χ3v) is 5.20. The molecule has 0 saturated carbocycles. The van der Waals surface area contributed by atoms with Gasteiger partial charge in [-0.15, -0.1) is 0 Å². The van der Waals surface area contributed by atoms with Gasteiger partial charge in [-0.25, -0.2) is 4.98 Å². The van der Waals surface area contributed by atoms with Gasteiger partial charge in [-0.3, -0.25) is 23.9 Å². The number of fused-ring (bicyclic) bond motifs is 1.